The summed E-state index contributed by atoms with van der Waals surface area (Å²) in [5.41, 5.74) is 0.978. The monoisotopic (exact) mass is 468 g/mol. The van der Waals surface area contributed by atoms with Crippen molar-refractivity contribution in [3.05, 3.63) is 89.0 Å². The maximum absolute atomic E-state index is 15.0. The largest absolute Gasteiger partial charge is 0.373 e. The summed E-state index contributed by atoms with van der Waals surface area (Å²) in [6.07, 6.45) is 6.83. The van der Waals surface area contributed by atoms with Crippen molar-refractivity contribution < 1.29 is 22.3 Å². The molecule has 0 radical (unpaired) electrons. The second-order valence-electron chi connectivity index (χ2n) is 8.79. The van der Waals surface area contributed by atoms with E-state index in [1.165, 1.54) is 24.3 Å². The molecule has 3 aromatic rings. The Bertz CT molecular complexity index is 1180. The molecular weight excluding hydrogens is 440 g/mol. The van der Waals surface area contributed by atoms with E-state index in [1.54, 1.807) is 24.3 Å². The number of hydrogen-bond donors (Lipinski definition) is 0. The van der Waals surface area contributed by atoms with Crippen molar-refractivity contribution in [3.8, 4) is 22.3 Å². The molecule has 2 atom stereocenters. The van der Waals surface area contributed by atoms with Gasteiger partial charge in [0.05, 0.1) is 12.7 Å². The van der Waals surface area contributed by atoms with Crippen LogP contribution in [0.2, 0.25) is 0 Å². The van der Waals surface area contributed by atoms with Crippen LogP contribution in [0.4, 0.5) is 17.6 Å². The minimum absolute atomic E-state index is 0.0583. The highest BCUT2D eigenvalue weighted by Crippen LogP contribution is 2.38. The van der Waals surface area contributed by atoms with E-state index in [2.05, 4.69) is 6.92 Å². The van der Waals surface area contributed by atoms with Gasteiger partial charge in [0, 0.05) is 22.3 Å². The number of allylic oxidation sites excluding steroid dienone is 1. The Morgan fingerprint density at radius 1 is 0.794 bits per heavy atom. The SMILES string of the molecule is C/C=C/c1ccc(-c2ccc(-c3ccc(C4CCC(CCC)CO4)c(F)c3F)c(F)c2F)cc1. The lowest BCUT2D eigenvalue weighted by Crippen LogP contribution is -2.21. The second kappa shape index (κ2) is 10.6. The van der Waals surface area contributed by atoms with Crippen LogP contribution in [0.3, 0.4) is 0 Å². The first-order chi connectivity index (χ1) is 16.4. The average Bonchev–Trinajstić information content (AvgIpc) is 2.85. The van der Waals surface area contributed by atoms with Crippen molar-refractivity contribution in [1.29, 1.82) is 0 Å². The maximum Gasteiger partial charge on any atom is 0.167 e. The Morgan fingerprint density at radius 3 is 2.03 bits per heavy atom. The van der Waals surface area contributed by atoms with E-state index in [-0.39, 0.29) is 22.3 Å². The van der Waals surface area contributed by atoms with Crippen molar-refractivity contribution in [2.24, 2.45) is 5.92 Å². The molecule has 34 heavy (non-hydrogen) atoms. The van der Waals surface area contributed by atoms with Gasteiger partial charge in [-0.15, -0.1) is 0 Å². The summed E-state index contributed by atoms with van der Waals surface area (Å²) in [5, 5.41) is 0. The van der Waals surface area contributed by atoms with E-state index >= 15 is 8.78 Å². The number of halogens is 4. The molecular formula is C29H28F4O. The van der Waals surface area contributed by atoms with Gasteiger partial charge in [0.25, 0.3) is 0 Å². The molecule has 0 aliphatic carbocycles. The third-order valence-electron chi connectivity index (χ3n) is 6.48. The molecule has 1 heterocycles. The Labute approximate surface area is 198 Å². The molecule has 1 nitrogen and oxygen atoms in total. The molecule has 0 amide bonds. The molecule has 0 bridgehead atoms. The van der Waals surface area contributed by atoms with Crippen LogP contribution >= 0.6 is 0 Å². The summed E-state index contributed by atoms with van der Waals surface area (Å²) in [7, 11) is 0. The number of hydrogen-bond acceptors (Lipinski definition) is 1. The van der Waals surface area contributed by atoms with Crippen molar-refractivity contribution >= 4 is 6.08 Å². The van der Waals surface area contributed by atoms with E-state index in [1.807, 2.05) is 19.1 Å². The van der Waals surface area contributed by atoms with Crippen molar-refractivity contribution in [2.75, 3.05) is 6.61 Å². The molecule has 4 rings (SSSR count). The first-order valence-electron chi connectivity index (χ1n) is 11.8. The summed E-state index contributed by atoms with van der Waals surface area (Å²) in [6, 6.07) is 12.4. The van der Waals surface area contributed by atoms with E-state index in [9.17, 15) is 8.78 Å². The van der Waals surface area contributed by atoms with Gasteiger partial charge in [0.15, 0.2) is 23.3 Å². The topological polar surface area (TPSA) is 9.23 Å². The van der Waals surface area contributed by atoms with Gasteiger partial charge < -0.3 is 4.74 Å². The molecule has 0 saturated carbocycles. The molecule has 3 aromatic carbocycles. The van der Waals surface area contributed by atoms with Crippen LogP contribution in [0.15, 0.2) is 54.6 Å². The predicted octanol–water partition coefficient (Wildman–Crippen LogP) is 8.88. The zero-order chi connectivity index (χ0) is 24.2. The molecule has 0 spiro atoms. The summed E-state index contributed by atoms with van der Waals surface area (Å²) >= 11 is 0. The standard InChI is InChI=1S/C29H28F4O/c1-3-5-18-7-10-20(11-8-18)21-12-13-22(27(31)26(21)30)23-14-15-24(29(33)28(23)32)25-16-9-19(6-4-2)17-34-25/h3,5,7-8,10-15,19,25H,4,6,9,16-17H2,1-2H3/b5-3+. The summed E-state index contributed by atoms with van der Waals surface area (Å²) in [5.74, 6) is -4.14. The first-order valence-corrected chi connectivity index (χ1v) is 11.8. The van der Waals surface area contributed by atoms with Crippen LogP contribution in [0, 0.1) is 29.2 Å². The van der Waals surface area contributed by atoms with Gasteiger partial charge in [-0.25, -0.2) is 17.6 Å². The smallest absolute Gasteiger partial charge is 0.167 e. The average molecular weight is 469 g/mol. The Balaban J connectivity index is 1.62. The Morgan fingerprint density at radius 2 is 1.41 bits per heavy atom. The summed E-state index contributed by atoms with van der Waals surface area (Å²) in [6.45, 7) is 4.51. The molecule has 0 aromatic heterocycles. The fraction of sp³-hybridized carbons (Fsp3) is 0.310. The van der Waals surface area contributed by atoms with Gasteiger partial charge in [-0.05, 0) is 43.2 Å². The van der Waals surface area contributed by atoms with Crippen molar-refractivity contribution in [2.45, 2.75) is 45.6 Å². The second-order valence-corrected chi connectivity index (χ2v) is 8.79. The highest BCUT2D eigenvalue weighted by molar-refractivity contribution is 5.73. The van der Waals surface area contributed by atoms with E-state index in [0.29, 0.717) is 24.5 Å². The van der Waals surface area contributed by atoms with Crippen molar-refractivity contribution in [3.63, 3.8) is 0 Å². The van der Waals surface area contributed by atoms with Gasteiger partial charge >= 0.3 is 0 Å². The van der Waals surface area contributed by atoms with Gasteiger partial charge in [0.2, 0.25) is 0 Å². The lowest BCUT2D eigenvalue weighted by molar-refractivity contribution is -0.0214. The van der Waals surface area contributed by atoms with Crippen LogP contribution in [-0.4, -0.2) is 6.61 Å². The zero-order valence-electron chi connectivity index (χ0n) is 19.4. The van der Waals surface area contributed by atoms with Crippen LogP contribution in [0.1, 0.15) is 56.8 Å². The summed E-state index contributed by atoms with van der Waals surface area (Å²) in [4.78, 5) is 0. The van der Waals surface area contributed by atoms with Crippen LogP contribution in [-0.2, 0) is 4.74 Å². The molecule has 0 N–H and O–H groups in total. The normalized spacial score (nSPS) is 18.5. The van der Waals surface area contributed by atoms with E-state index in [4.69, 9.17) is 4.74 Å². The zero-order valence-corrected chi connectivity index (χ0v) is 19.4. The highest BCUT2D eigenvalue weighted by Gasteiger charge is 2.28. The first kappa shape index (κ1) is 24.2. The fourth-order valence-electron chi connectivity index (χ4n) is 4.65. The minimum atomic E-state index is -1.21. The predicted molar refractivity (Wildman–Crippen MR) is 128 cm³/mol. The lowest BCUT2D eigenvalue weighted by Gasteiger charge is -2.29. The van der Waals surface area contributed by atoms with Gasteiger partial charge in [0.1, 0.15) is 0 Å². The highest BCUT2D eigenvalue weighted by atomic mass is 19.2. The molecule has 5 heteroatoms. The van der Waals surface area contributed by atoms with Crippen LogP contribution in [0.25, 0.3) is 28.3 Å². The third kappa shape index (κ3) is 4.80. The lowest BCUT2D eigenvalue weighted by atomic mass is 9.90. The van der Waals surface area contributed by atoms with Gasteiger partial charge in [-0.1, -0.05) is 74.0 Å². The number of benzene rings is 3. The molecule has 1 saturated heterocycles. The quantitative estimate of drug-likeness (QED) is 0.328. The number of rotatable bonds is 6. The molecule has 178 valence electrons. The van der Waals surface area contributed by atoms with Crippen LogP contribution in [0.5, 0.6) is 0 Å². The molecule has 1 fully saturated rings. The minimum Gasteiger partial charge on any atom is -0.373 e. The number of ether oxygens (including phenoxy) is 1. The fourth-order valence-corrected chi connectivity index (χ4v) is 4.65. The Hall–Kier alpha value is -2.92. The molecule has 1 aliphatic heterocycles. The molecule has 1 aliphatic rings. The third-order valence-corrected chi connectivity index (χ3v) is 6.48. The van der Waals surface area contributed by atoms with E-state index < -0.39 is 29.4 Å². The maximum atomic E-state index is 15.0. The van der Waals surface area contributed by atoms with Crippen molar-refractivity contribution in [1.82, 2.24) is 0 Å². The van der Waals surface area contributed by atoms with Gasteiger partial charge in [-0.2, -0.15) is 0 Å². The summed E-state index contributed by atoms with van der Waals surface area (Å²) < 4.78 is 65.8. The molecule has 2 unspecified atom stereocenters. The van der Waals surface area contributed by atoms with Crippen LogP contribution < -0.4 is 0 Å². The van der Waals surface area contributed by atoms with E-state index in [0.717, 1.165) is 24.8 Å². The van der Waals surface area contributed by atoms with Gasteiger partial charge in [-0.3, -0.25) is 0 Å². The Kier molecular flexibility index (Phi) is 7.52.